The number of anilines is 4. The van der Waals surface area contributed by atoms with Gasteiger partial charge in [-0.15, -0.1) is 0 Å². The van der Waals surface area contributed by atoms with Crippen LogP contribution >= 0.6 is 0 Å². The van der Waals surface area contributed by atoms with Gasteiger partial charge in [0.1, 0.15) is 0 Å². The lowest BCUT2D eigenvalue weighted by molar-refractivity contribution is 0.597. The minimum Gasteiger partial charge on any atom is -0.311 e. The van der Waals surface area contributed by atoms with Crippen LogP contribution in [0.5, 0.6) is 0 Å². The molecule has 1 atom stereocenters. The summed E-state index contributed by atoms with van der Waals surface area (Å²) in [4.78, 5) is 4.86. The molecule has 0 aliphatic heterocycles. The van der Waals surface area contributed by atoms with Crippen molar-refractivity contribution in [3.8, 4) is 11.1 Å². The third-order valence-electron chi connectivity index (χ3n) is 13.0. The largest absolute Gasteiger partial charge is 0.311 e. The molecule has 0 N–H and O–H groups in total. The van der Waals surface area contributed by atoms with E-state index in [1.54, 1.807) is 0 Å². The van der Waals surface area contributed by atoms with E-state index in [0.29, 0.717) is 0 Å². The van der Waals surface area contributed by atoms with E-state index in [0.717, 1.165) is 54.1 Å². The maximum Gasteiger partial charge on any atom is 0.0468 e. The highest BCUT2D eigenvalue weighted by atomic mass is 15.2. The highest BCUT2D eigenvalue weighted by Gasteiger charge is 2.33. The second-order valence-corrected chi connectivity index (χ2v) is 17.0. The fourth-order valence-electron chi connectivity index (χ4n) is 10.1. The van der Waals surface area contributed by atoms with E-state index in [2.05, 4.69) is 241 Å². The van der Waals surface area contributed by atoms with Crippen LogP contribution in [0.15, 0.2) is 230 Å². The molecule has 11 rings (SSSR count). The first-order valence-corrected chi connectivity index (χ1v) is 22.0. The predicted octanol–water partition coefficient (Wildman–Crippen LogP) is 16.3. The number of benzene rings is 8. The van der Waals surface area contributed by atoms with Gasteiger partial charge >= 0.3 is 0 Å². The average Bonchev–Trinajstić information content (AvgIpc) is 3.61. The second-order valence-electron chi connectivity index (χ2n) is 17.0. The first kappa shape index (κ1) is 37.6. The molecule has 3 aliphatic rings. The third kappa shape index (κ3) is 6.79. The molecule has 3 aliphatic carbocycles. The van der Waals surface area contributed by atoms with Gasteiger partial charge in [0.2, 0.25) is 0 Å². The first-order valence-electron chi connectivity index (χ1n) is 22.0. The Morgan fingerprint density at radius 2 is 1.15 bits per heavy atom. The molecule has 0 saturated heterocycles. The van der Waals surface area contributed by atoms with E-state index < -0.39 is 0 Å². The van der Waals surface area contributed by atoms with Crippen molar-refractivity contribution in [1.82, 2.24) is 0 Å². The fraction of sp³-hybridized carbons (Fsp3) is 0.100. The Morgan fingerprint density at radius 1 is 0.468 bits per heavy atom. The van der Waals surface area contributed by atoms with Crippen LogP contribution in [0.4, 0.5) is 22.7 Å². The standard InChI is InChI=1S/C60H48N2/c1-60(38-37-44-20-16-18-22-47(44)42-60)59-55-36-34-52(61(49-25-9-4-10-26-49)50-27-11-5-12-28-50)40-56(55)58(46-32-31-43-19-15-17-21-45(43)39-46)54-35-33-53(41-57(54)59)62(51-29-13-6-14-30-51)48-23-7-2-3-8-24-48/h2-4,6-7,9-11,13-41H,5,8,12,42H2,1H3. The molecule has 8 aromatic rings. The highest BCUT2D eigenvalue weighted by Crippen LogP contribution is 2.50. The maximum absolute atomic E-state index is 2.48. The average molecular weight is 797 g/mol. The van der Waals surface area contributed by atoms with Gasteiger partial charge in [0.15, 0.2) is 0 Å². The summed E-state index contributed by atoms with van der Waals surface area (Å²) in [5.74, 6) is 0. The normalized spacial score (nSPS) is 16.9. The Labute approximate surface area is 365 Å². The van der Waals surface area contributed by atoms with E-state index in [1.807, 2.05) is 0 Å². The maximum atomic E-state index is 2.48. The summed E-state index contributed by atoms with van der Waals surface area (Å²) in [6.45, 7) is 2.45. The Balaban J connectivity index is 1.25. The van der Waals surface area contributed by atoms with E-state index in [9.17, 15) is 0 Å². The zero-order valence-electron chi connectivity index (χ0n) is 35.1. The van der Waals surface area contributed by atoms with Crippen LogP contribution in [0.3, 0.4) is 0 Å². The van der Waals surface area contributed by atoms with E-state index in [1.165, 1.54) is 65.8 Å². The smallest absolute Gasteiger partial charge is 0.0468 e. The predicted molar refractivity (Wildman–Crippen MR) is 266 cm³/mol. The Hall–Kier alpha value is -7.42. The highest BCUT2D eigenvalue weighted by molar-refractivity contribution is 6.18. The summed E-state index contributed by atoms with van der Waals surface area (Å²) in [5, 5.41) is 7.53. The lowest BCUT2D eigenvalue weighted by Gasteiger charge is -2.35. The molecule has 2 nitrogen and oxygen atoms in total. The lowest BCUT2D eigenvalue weighted by Crippen LogP contribution is -2.26. The van der Waals surface area contributed by atoms with E-state index >= 15 is 0 Å². The van der Waals surface area contributed by atoms with Crippen molar-refractivity contribution in [2.75, 3.05) is 9.80 Å². The van der Waals surface area contributed by atoms with Crippen LogP contribution < -0.4 is 9.80 Å². The summed E-state index contributed by atoms with van der Waals surface area (Å²) in [5.41, 5.74) is 13.1. The number of allylic oxidation sites excluding steroid dienone is 9. The van der Waals surface area contributed by atoms with Gasteiger partial charge in [-0.3, -0.25) is 0 Å². The molecule has 0 heterocycles. The first-order chi connectivity index (χ1) is 30.6. The van der Waals surface area contributed by atoms with Gasteiger partial charge in [-0.2, -0.15) is 0 Å². The number of fused-ring (bicyclic) bond motifs is 4. The number of rotatable bonds is 8. The van der Waals surface area contributed by atoms with Crippen LogP contribution in [-0.2, 0) is 11.8 Å². The van der Waals surface area contributed by atoms with Crippen LogP contribution in [0.2, 0.25) is 0 Å². The molecule has 0 spiro atoms. The van der Waals surface area contributed by atoms with Gasteiger partial charge in [-0.05, 0) is 153 Å². The lowest BCUT2D eigenvalue weighted by atomic mass is 9.69. The van der Waals surface area contributed by atoms with Gasteiger partial charge in [0.05, 0.1) is 0 Å². The molecule has 298 valence electrons. The van der Waals surface area contributed by atoms with Gasteiger partial charge < -0.3 is 9.80 Å². The Bertz CT molecular complexity index is 3200. The summed E-state index contributed by atoms with van der Waals surface area (Å²) < 4.78 is 0. The third-order valence-corrected chi connectivity index (χ3v) is 13.0. The Kier molecular flexibility index (Phi) is 9.62. The minimum atomic E-state index is -0.302. The van der Waals surface area contributed by atoms with Gasteiger partial charge in [0, 0.05) is 39.6 Å². The molecule has 0 saturated carbocycles. The molecule has 62 heavy (non-hydrogen) atoms. The topological polar surface area (TPSA) is 6.48 Å². The quantitative estimate of drug-likeness (QED) is 0.141. The molecule has 0 aromatic heterocycles. The Morgan fingerprint density at radius 3 is 1.90 bits per heavy atom. The van der Waals surface area contributed by atoms with Crippen molar-refractivity contribution >= 4 is 61.1 Å². The molecular formula is C60H48N2. The van der Waals surface area contributed by atoms with Crippen molar-refractivity contribution < 1.29 is 0 Å². The molecular weight excluding hydrogens is 749 g/mol. The van der Waals surface area contributed by atoms with Crippen LogP contribution in [-0.4, -0.2) is 0 Å². The minimum absolute atomic E-state index is 0.302. The van der Waals surface area contributed by atoms with Crippen LogP contribution in [0.1, 0.15) is 42.9 Å². The van der Waals surface area contributed by atoms with Crippen molar-refractivity contribution in [2.24, 2.45) is 0 Å². The summed E-state index contributed by atoms with van der Waals surface area (Å²) in [7, 11) is 0. The van der Waals surface area contributed by atoms with Crippen LogP contribution in [0, 0.1) is 0 Å². The molecule has 0 bridgehead atoms. The number of hydrogen-bond donors (Lipinski definition) is 0. The molecule has 2 heteroatoms. The van der Waals surface area contributed by atoms with Crippen molar-refractivity contribution in [3.05, 3.63) is 247 Å². The van der Waals surface area contributed by atoms with Crippen molar-refractivity contribution in [1.29, 1.82) is 0 Å². The van der Waals surface area contributed by atoms with Gasteiger partial charge in [0.25, 0.3) is 0 Å². The van der Waals surface area contributed by atoms with E-state index in [4.69, 9.17) is 0 Å². The second kappa shape index (κ2) is 15.9. The molecule has 0 fully saturated rings. The monoisotopic (exact) mass is 796 g/mol. The molecule has 1 unspecified atom stereocenters. The van der Waals surface area contributed by atoms with Gasteiger partial charge in [-0.25, -0.2) is 0 Å². The van der Waals surface area contributed by atoms with Crippen molar-refractivity contribution in [2.45, 2.75) is 38.0 Å². The fourth-order valence-corrected chi connectivity index (χ4v) is 10.1. The zero-order chi connectivity index (χ0) is 41.5. The number of para-hydroxylation sites is 2. The summed E-state index contributed by atoms with van der Waals surface area (Å²) >= 11 is 0. The van der Waals surface area contributed by atoms with Crippen molar-refractivity contribution in [3.63, 3.8) is 0 Å². The van der Waals surface area contributed by atoms with Crippen LogP contribution in [0.25, 0.3) is 49.5 Å². The SMILES string of the molecule is CC1(c2c3ccc(N(C4=CCCC=C4)c4ccccc4)cc3c(-c3ccc4ccccc4c3)c3ccc(N(C4=CCC=CC=C4)c4ccccc4)cc23)C=Cc2ccccc2C1. The summed E-state index contributed by atoms with van der Waals surface area (Å²) in [6, 6.07) is 60.8. The van der Waals surface area contributed by atoms with E-state index in [-0.39, 0.29) is 5.41 Å². The molecule has 0 amide bonds. The van der Waals surface area contributed by atoms with Gasteiger partial charge in [-0.1, -0.05) is 165 Å². The number of nitrogens with zero attached hydrogens (tertiary/aromatic N) is 2. The summed E-state index contributed by atoms with van der Waals surface area (Å²) in [6.07, 6.45) is 26.8. The molecule has 8 aromatic carbocycles. The number of hydrogen-bond acceptors (Lipinski definition) is 2. The zero-order valence-corrected chi connectivity index (χ0v) is 35.1. The molecule has 0 radical (unpaired) electrons.